The lowest BCUT2D eigenvalue weighted by Gasteiger charge is -2.17. The van der Waals surface area contributed by atoms with E-state index in [1.807, 2.05) is 0 Å². The van der Waals surface area contributed by atoms with E-state index < -0.39 is 18.5 Å². The maximum atomic E-state index is 12.3. The lowest BCUT2D eigenvalue weighted by Crippen LogP contribution is -2.40. The second kappa shape index (κ2) is 8.36. The van der Waals surface area contributed by atoms with Gasteiger partial charge >= 0.3 is 5.97 Å². The van der Waals surface area contributed by atoms with E-state index in [0.29, 0.717) is 0 Å². The molecule has 2 amide bonds. The molecule has 0 unspecified atom stereocenters. The van der Waals surface area contributed by atoms with Gasteiger partial charge in [-0.25, -0.2) is 4.79 Å². The van der Waals surface area contributed by atoms with Gasteiger partial charge in [0.2, 0.25) is 5.91 Å². The Hall–Kier alpha value is -2.77. The van der Waals surface area contributed by atoms with Crippen molar-refractivity contribution in [2.75, 3.05) is 34.4 Å². The molecule has 0 spiro atoms. The Kier molecular flexibility index (Phi) is 6.21. The Morgan fingerprint density at radius 1 is 1.16 bits per heavy atom. The number of amides is 2. The molecule has 1 aromatic rings. The molecule has 0 aliphatic heterocycles. The van der Waals surface area contributed by atoms with Gasteiger partial charge in [0.15, 0.2) is 6.61 Å². The fraction of sp³-hybridized carbons (Fsp3) is 0.471. The molecule has 0 aromatic heterocycles. The first-order valence-electron chi connectivity index (χ1n) is 7.87. The van der Waals surface area contributed by atoms with Gasteiger partial charge in [-0.15, -0.1) is 0 Å². The highest BCUT2D eigenvalue weighted by atomic mass is 16.5. The summed E-state index contributed by atoms with van der Waals surface area (Å²) in [5.74, 6) is -0.870. The standard InChI is InChI=1S/C17H22N2O6/c1-19(9-14(20)18-11-7-8-11)15(21)10-25-17(22)16-12(23-2)5-4-6-13(16)24-3/h4-6,11H,7-10H2,1-3H3,(H,18,20). The number of nitrogens with one attached hydrogen (secondary N) is 1. The van der Waals surface area contributed by atoms with Crippen LogP contribution >= 0.6 is 0 Å². The van der Waals surface area contributed by atoms with Crippen LogP contribution in [-0.2, 0) is 14.3 Å². The second-order valence-electron chi connectivity index (χ2n) is 5.71. The van der Waals surface area contributed by atoms with Crippen LogP contribution in [0.1, 0.15) is 23.2 Å². The van der Waals surface area contributed by atoms with Crippen molar-refractivity contribution >= 4 is 17.8 Å². The summed E-state index contributed by atoms with van der Waals surface area (Å²) in [5.41, 5.74) is 0.106. The normalized spacial score (nSPS) is 12.9. The first kappa shape index (κ1) is 18.6. The van der Waals surface area contributed by atoms with Crippen molar-refractivity contribution in [1.82, 2.24) is 10.2 Å². The second-order valence-corrected chi connectivity index (χ2v) is 5.71. The van der Waals surface area contributed by atoms with Gasteiger partial charge in [0.1, 0.15) is 17.1 Å². The van der Waals surface area contributed by atoms with E-state index in [1.54, 1.807) is 18.2 Å². The maximum Gasteiger partial charge on any atom is 0.346 e. The Labute approximate surface area is 146 Å². The predicted molar refractivity (Wildman–Crippen MR) is 88.6 cm³/mol. The highest BCUT2D eigenvalue weighted by molar-refractivity contribution is 5.97. The molecule has 1 aliphatic carbocycles. The van der Waals surface area contributed by atoms with E-state index in [2.05, 4.69) is 5.32 Å². The fourth-order valence-corrected chi connectivity index (χ4v) is 2.17. The van der Waals surface area contributed by atoms with Crippen LogP contribution < -0.4 is 14.8 Å². The minimum Gasteiger partial charge on any atom is -0.496 e. The molecule has 0 heterocycles. The van der Waals surface area contributed by atoms with Crippen LogP contribution in [0.4, 0.5) is 0 Å². The van der Waals surface area contributed by atoms with Gasteiger partial charge in [0, 0.05) is 13.1 Å². The van der Waals surface area contributed by atoms with E-state index in [4.69, 9.17) is 14.2 Å². The number of ether oxygens (including phenoxy) is 3. The number of nitrogens with zero attached hydrogens (tertiary/aromatic N) is 1. The summed E-state index contributed by atoms with van der Waals surface area (Å²) in [6.07, 6.45) is 1.95. The highest BCUT2D eigenvalue weighted by Gasteiger charge is 2.25. The molecule has 1 aromatic carbocycles. The Morgan fingerprint density at radius 3 is 2.28 bits per heavy atom. The largest absolute Gasteiger partial charge is 0.496 e. The monoisotopic (exact) mass is 350 g/mol. The molecular weight excluding hydrogens is 328 g/mol. The van der Waals surface area contributed by atoms with Crippen molar-refractivity contribution in [3.63, 3.8) is 0 Å². The molecule has 0 atom stereocenters. The number of benzene rings is 1. The molecular formula is C17H22N2O6. The number of esters is 1. The zero-order valence-electron chi connectivity index (χ0n) is 14.5. The minimum atomic E-state index is -0.738. The van der Waals surface area contributed by atoms with Crippen LogP contribution in [0.2, 0.25) is 0 Å². The lowest BCUT2D eigenvalue weighted by atomic mass is 10.2. The summed E-state index contributed by atoms with van der Waals surface area (Å²) < 4.78 is 15.3. The Bertz CT molecular complexity index is 634. The van der Waals surface area contributed by atoms with Crippen LogP contribution in [0.25, 0.3) is 0 Å². The van der Waals surface area contributed by atoms with Crippen molar-refractivity contribution in [3.8, 4) is 11.5 Å². The van der Waals surface area contributed by atoms with Crippen LogP contribution in [0.15, 0.2) is 18.2 Å². The third kappa shape index (κ3) is 5.10. The number of hydrogen-bond donors (Lipinski definition) is 1. The SMILES string of the molecule is COc1cccc(OC)c1C(=O)OCC(=O)N(C)CC(=O)NC1CC1. The molecule has 1 fully saturated rings. The van der Waals surface area contributed by atoms with Gasteiger partial charge in [0.05, 0.1) is 20.8 Å². The molecule has 1 N–H and O–H groups in total. The number of carbonyl (C=O) groups excluding carboxylic acids is 3. The van der Waals surface area contributed by atoms with Crippen LogP contribution in [0, 0.1) is 0 Å². The topological polar surface area (TPSA) is 94.2 Å². The average Bonchev–Trinajstić information content (AvgIpc) is 3.41. The maximum absolute atomic E-state index is 12.3. The number of rotatable bonds is 8. The summed E-state index contributed by atoms with van der Waals surface area (Å²) >= 11 is 0. The van der Waals surface area contributed by atoms with E-state index in [0.717, 1.165) is 12.8 Å². The van der Waals surface area contributed by atoms with Crippen molar-refractivity contribution in [2.45, 2.75) is 18.9 Å². The van der Waals surface area contributed by atoms with E-state index in [9.17, 15) is 14.4 Å². The third-order valence-electron chi connectivity index (χ3n) is 3.71. The molecule has 8 nitrogen and oxygen atoms in total. The summed E-state index contributed by atoms with van der Waals surface area (Å²) in [4.78, 5) is 37.2. The Morgan fingerprint density at radius 2 is 1.76 bits per heavy atom. The predicted octanol–water partition coefficient (Wildman–Crippen LogP) is 0.598. The van der Waals surface area contributed by atoms with Crippen molar-refractivity contribution in [1.29, 1.82) is 0 Å². The van der Waals surface area contributed by atoms with Crippen molar-refractivity contribution in [3.05, 3.63) is 23.8 Å². The Balaban J connectivity index is 1.90. The molecule has 0 saturated heterocycles. The van der Waals surface area contributed by atoms with E-state index >= 15 is 0 Å². The van der Waals surface area contributed by atoms with E-state index in [1.165, 1.54) is 26.2 Å². The smallest absolute Gasteiger partial charge is 0.346 e. The van der Waals surface area contributed by atoms with Crippen molar-refractivity contribution < 1.29 is 28.6 Å². The quantitative estimate of drug-likeness (QED) is 0.690. The molecule has 2 rings (SSSR count). The zero-order chi connectivity index (χ0) is 18.4. The molecule has 0 bridgehead atoms. The van der Waals surface area contributed by atoms with Gasteiger partial charge in [-0.05, 0) is 25.0 Å². The van der Waals surface area contributed by atoms with Crippen LogP contribution in [0.3, 0.4) is 0 Å². The molecule has 1 aliphatic rings. The lowest BCUT2D eigenvalue weighted by molar-refractivity contribution is -0.137. The first-order valence-corrected chi connectivity index (χ1v) is 7.87. The van der Waals surface area contributed by atoms with Gasteiger partial charge in [-0.2, -0.15) is 0 Å². The summed E-state index contributed by atoms with van der Waals surface area (Å²) in [6, 6.07) is 5.09. The third-order valence-corrected chi connectivity index (χ3v) is 3.71. The van der Waals surface area contributed by atoms with Gasteiger partial charge in [-0.3, -0.25) is 9.59 Å². The average molecular weight is 350 g/mol. The summed E-state index contributed by atoms with van der Waals surface area (Å²) in [7, 11) is 4.32. The van der Waals surface area contributed by atoms with Gasteiger partial charge in [0.25, 0.3) is 5.91 Å². The summed E-state index contributed by atoms with van der Waals surface area (Å²) in [6.45, 7) is -0.557. The molecule has 1 saturated carbocycles. The molecule has 0 radical (unpaired) electrons. The van der Waals surface area contributed by atoms with Gasteiger partial charge in [-0.1, -0.05) is 6.07 Å². The van der Waals surface area contributed by atoms with Crippen molar-refractivity contribution in [2.24, 2.45) is 0 Å². The molecule has 136 valence electrons. The number of hydrogen-bond acceptors (Lipinski definition) is 6. The number of carbonyl (C=O) groups is 3. The first-order chi connectivity index (χ1) is 12.0. The minimum absolute atomic E-state index is 0.0785. The fourth-order valence-electron chi connectivity index (χ4n) is 2.17. The van der Waals surface area contributed by atoms with E-state index in [-0.39, 0.29) is 35.6 Å². The highest BCUT2D eigenvalue weighted by Crippen LogP contribution is 2.28. The van der Waals surface area contributed by atoms with Crippen LogP contribution in [0.5, 0.6) is 11.5 Å². The zero-order valence-corrected chi connectivity index (χ0v) is 14.5. The number of likely N-dealkylation sites (N-methyl/N-ethyl adjacent to an activating group) is 1. The number of methoxy groups -OCH3 is 2. The van der Waals surface area contributed by atoms with Crippen LogP contribution in [-0.4, -0.2) is 63.1 Å². The summed E-state index contributed by atoms with van der Waals surface area (Å²) in [5, 5.41) is 2.79. The molecule has 8 heteroatoms. The van der Waals surface area contributed by atoms with Gasteiger partial charge < -0.3 is 24.4 Å². The molecule has 25 heavy (non-hydrogen) atoms.